The number of aliphatic hydroxyl groups excluding tert-OH is 1. The molecular formula is C28H44N2O8. The number of nitrogens with one attached hydrogen (secondary N) is 1. The van der Waals surface area contributed by atoms with Crippen molar-refractivity contribution >= 4 is 12.0 Å². The molecule has 0 aromatic heterocycles. The molecule has 214 valence electrons. The minimum absolute atomic E-state index is 0.0278. The predicted molar refractivity (Wildman–Crippen MR) is 141 cm³/mol. The third-order valence-corrected chi connectivity index (χ3v) is 7.38. The molecule has 3 saturated heterocycles. The second-order valence-corrected chi connectivity index (χ2v) is 10.9. The van der Waals surface area contributed by atoms with E-state index in [9.17, 15) is 14.7 Å². The third kappa shape index (κ3) is 8.13. The average Bonchev–Trinajstić information content (AvgIpc) is 3.64. The number of aliphatic hydroxyl groups is 1. The molecule has 2 amide bonds. The van der Waals surface area contributed by atoms with Crippen LogP contribution in [0.3, 0.4) is 0 Å². The molecule has 3 aliphatic heterocycles. The van der Waals surface area contributed by atoms with Gasteiger partial charge in [0.1, 0.15) is 23.9 Å². The summed E-state index contributed by atoms with van der Waals surface area (Å²) in [6, 6.07) is -0.112. The fourth-order valence-electron chi connectivity index (χ4n) is 4.76. The molecule has 10 nitrogen and oxygen atoms in total. The van der Waals surface area contributed by atoms with Gasteiger partial charge in [0.05, 0.1) is 24.9 Å². The van der Waals surface area contributed by atoms with Crippen LogP contribution in [0.4, 0.5) is 4.79 Å². The summed E-state index contributed by atoms with van der Waals surface area (Å²) in [6.07, 6.45) is 8.24. The van der Waals surface area contributed by atoms with Gasteiger partial charge in [0.25, 0.3) is 0 Å². The van der Waals surface area contributed by atoms with Gasteiger partial charge in [-0.1, -0.05) is 30.7 Å². The smallest absolute Gasteiger partial charge is 0.409 e. The van der Waals surface area contributed by atoms with E-state index in [2.05, 4.69) is 18.3 Å². The third-order valence-electron chi connectivity index (χ3n) is 7.38. The highest BCUT2D eigenvalue weighted by molar-refractivity contribution is 5.87. The summed E-state index contributed by atoms with van der Waals surface area (Å²) >= 11 is 0. The number of ether oxygens (including phenoxy) is 5. The van der Waals surface area contributed by atoms with Gasteiger partial charge in [0, 0.05) is 33.7 Å². The van der Waals surface area contributed by atoms with Gasteiger partial charge in [-0.2, -0.15) is 0 Å². The molecule has 3 rings (SSSR count). The maximum atomic E-state index is 12.4. The summed E-state index contributed by atoms with van der Waals surface area (Å²) in [5, 5.41) is 13.6. The highest BCUT2D eigenvalue weighted by Crippen LogP contribution is 2.42. The van der Waals surface area contributed by atoms with Gasteiger partial charge >= 0.3 is 6.09 Å². The van der Waals surface area contributed by atoms with Crippen LogP contribution in [-0.2, 0) is 28.5 Å². The van der Waals surface area contributed by atoms with E-state index < -0.39 is 36.3 Å². The van der Waals surface area contributed by atoms with Gasteiger partial charge in [0.15, 0.2) is 6.29 Å². The quantitative estimate of drug-likeness (QED) is 0.262. The van der Waals surface area contributed by atoms with E-state index in [-0.39, 0.29) is 30.1 Å². The topological polar surface area (TPSA) is 119 Å². The van der Waals surface area contributed by atoms with Crippen LogP contribution in [0, 0.1) is 5.92 Å². The van der Waals surface area contributed by atoms with Crippen molar-refractivity contribution in [2.45, 2.75) is 95.4 Å². The lowest BCUT2D eigenvalue weighted by Gasteiger charge is -2.39. The number of carbonyl (C=O) groups is 2. The molecule has 2 N–H and O–H groups in total. The van der Waals surface area contributed by atoms with Crippen LogP contribution in [0.5, 0.6) is 0 Å². The molecule has 0 aromatic carbocycles. The fraction of sp³-hybridized carbons (Fsp3) is 0.714. The number of epoxide rings is 1. The Labute approximate surface area is 226 Å². The molecule has 0 unspecified atom stereocenters. The van der Waals surface area contributed by atoms with Gasteiger partial charge in [0.2, 0.25) is 5.91 Å². The highest BCUT2D eigenvalue weighted by atomic mass is 16.7. The molecule has 3 fully saturated rings. The van der Waals surface area contributed by atoms with Crippen LogP contribution in [0.2, 0.25) is 0 Å². The van der Waals surface area contributed by atoms with Gasteiger partial charge in [-0.05, 0) is 45.6 Å². The first-order valence-electron chi connectivity index (χ1n) is 13.3. The molecule has 0 aliphatic carbocycles. The Balaban J connectivity index is 1.46. The van der Waals surface area contributed by atoms with Crippen LogP contribution in [0.1, 0.15) is 47.0 Å². The Morgan fingerprint density at radius 2 is 1.95 bits per heavy atom. The van der Waals surface area contributed by atoms with Crippen molar-refractivity contribution in [2.24, 2.45) is 5.92 Å². The Kier molecular flexibility index (Phi) is 10.5. The molecule has 0 saturated carbocycles. The van der Waals surface area contributed by atoms with Crippen LogP contribution in [-0.4, -0.2) is 98.3 Å². The second kappa shape index (κ2) is 13.2. The van der Waals surface area contributed by atoms with E-state index in [1.165, 1.54) is 11.0 Å². The molecule has 3 aliphatic rings. The van der Waals surface area contributed by atoms with E-state index in [1.54, 1.807) is 34.2 Å². The number of hydrogen-bond acceptors (Lipinski definition) is 8. The molecular weight excluding hydrogens is 492 g/mol. The van der Waals surface area contributed by atoms with Crippen LogP contribution >= 0.6 is 0 Å². The van der Waals surface area contributed by atoms with Gasteiger partial charge in [-0.15, -0.1) is 0 Å². The minimum atomic E-state index is -0.723. The maximum absolute atomic E-state index is 12.4. The predicted octanol–water partition coefficient (Wildman–Crippen LogP) is 2.71. The lowest BCUT2D eigenvalue weighted by atomic mass is 9.88. The summed E-state index contributed by atoms with van der Waals surface area (Å²) in [5.41, 5.74) is 0.491. The summed E-state index contributed by atoms with van der Waals surface area (Å²) < 4.78 is 28.2. The zero-order chi connectivity index (χ0) is 28.0. The monoisotopic (exact) mass is 536 g/mol. The molecule has 0 bridgehead atoms. The number of nitrogens with zero attached hydrogens (tertiary/aromatic N) is 1. The summed E-state index contributed by atoms with van der Waals surface area (Å²) in [4.78, 5) is 25.4. The molecule has 10 heteroatoms. The lowest BCUT2D eigenvalue weighted by Crippen LogP contribution is -2.50. The van der Waals surface area contributed by atoms with Crippen molar-refractivity contribution in [1.82, 2.24) is 10.2 Å². The van der Waals surface area contributed by atoms with E-state index in [1.807, 2.05) is 26.0 Å². The number of carbonyl (C=O) groups excluding carboxylic acids is 2. The number of methoxy groups -OCH3 is 1. The van der Waals surface area contributed by atoms with Crippen molar-refractivity contribution < 1.29 is 38.4 Å². The van der Waals surface area contributed by atoms with Crippen molar-refractivity contribution in [3.63, 3.8) is 0 Å². The fourth-order valence-corrected chi connectivity index (χ4v) is 4.76. The lowest BCUT2D eigenvalue weighted by molar-refractivity contribution is -0.219. The number of allylic oxidation sites excluding steroid dienone is 2. The zero-order valence-electron chi connectivity index (χ0n) is 23.6. The molecule has 38 heavy (non-hydrogen) atoms. The Morgan fingerprint density at radius 3 is 2.58 bits per heavy atom. The Morgan fingerprint density at radius 1 is 1.24 bits per heavy atom. The van der Waals surface area contributed by atoms with E-state index in [4.69, 9.17) is 23.7 Å². The molecule has 0 aromatic rings. The number of hydrogen-bond donors (Lipinski definition) is 2. The SMILES string of the molecule is CO[C@@H]1C[C@@]2(CO2)[C@H](O)[C@@H](/C=C/C(C)=C/C[C@@H]2O[C@H](C)[C@H](NC(=O)/C=C\[C@H](C)OC(=O)N(C)C)C[C@@H]2C)O1. The molecule has 0 radical (unpaired) electrons. The van der Waals surface area contributed by atoms with Crippen LogP contribution < -0.4 is 5.32 Å². The maximum Gasteiger partial charge on any atom is 0.409 e. The van der Waals surface area contributed by atoms with E-state index >= 15 is 0 Å². The number of amides is 2. The Hall–Kier alpha value is -2.24. The van der Waals surface area contributed by atoms with Crippen LogP contribution in [0.25, 0.3) is 0 Å². The first-order valence-corrected chi connectivity index (χ1v) is 13.3. The van der Waals surface area contributed by atoms with Crippen molar-refractivity contribution in [2.75, 3.05) is 27.8 Å². The standard InChI is InChI=1S/C28H44N2O8/c1-17(9-12-23-26(32)28(16-35-28)15-25(34-7)38-23)8-11-22-18(2)14-21(20(4)37-22)29-24(31)13-10-19(3)36-27(33)30(5)6/h8-10,12-13,18-23,25-26,32H,11,14-16H2,1-7H3,(H,29,31)/b12-9+,13-10-,17-8+/t18-,19-,20+,21+,22-,23+,25-,26+,28+/m0/s1. The van der Waals surface area contributed by atoms with Crippen molar-refractivity contribution in [1.29, 1.82) is 0 Å². The normalized spacial score (nSPS) is 36.4. The largest absolute Gasteiger partial charge is 0.442 e. The summed E-state index contributed by atoms with van der Waals surface area (Å²) in [6.45, 7) is 8.32. The second-order valence-electron chi connectivity index (χ2n) is 10.9. The van der Waals surface area contributed by atoms with Crippen LogP contribution in [0.15, 0.2) is 36.0 Å². The first kappa shape index (κ1) is 30.3. The average molecular weight is 537 g/mol. The molecule has 3 heterocycles. The Bertz CT molecular complexity index is 913. The molecule has 9 atom stereocenters. The minimum Gasteiger partial charge on any atom is -0.442 e. The number of rotatable bonds is 9. The highest BCUT2D eigenvalue weighted by Gasteiger charge is 2.58. The summed E-state index contributed by atoms with van der Waals surface area (Å²) in [5.74, 6) is -0.00254. The molecule has 1 spiro atoms. The van der Waals surface area contributed by atoms with Crippen molar-refractivity contribution in [3.8, 4) is 0 Å². The summed E-state index contributed by atoms with van der Waals surface area (Å²) in [7, 11) is 4.80. The zero-order valence-corrected chi connectivity index (χ0v) is 23.6. The van der Waals surface area contributed by atoms with E-state index in [0.717, 1.165) is 18.4 Å². The first-order chi connectivity index (χ1) is 17.9. The van der Waals surface area contributed by atoms with Gasteiger partial charge in [-0.3, -0.25) is 4.79 Å². The van der Waals surface area contributed by atoms with Gasteiger partial charge in [-0.25, -0.2) is 4.79 Å². The van der Waals surface area contributed by atoms with Crippen molar-refractivity contribution in [3.05, 3.63) is 36.0 Å². The van der Waals surface area contributed by atoms with E-state index in [0.29, 0.717) is 13.0 Å². The van der Waals surface area contributed by atoms with Gasteiger partial charge < -0.3 is 39.0 Å².